The summed E-state index contributed by atoms with van der Waals surface area (Å²) in [5.41, 5.74) is 5.34. The average molecular weight is 270 g/mol. The second-order valence-electron chi connectivity index (χ2n) is 7.91. The zero-order valence-electron chi connectivity index (χ0n) is 13.9. The Morgan fingerprint density at radius 3 is 2.65 bits per heavy atom. The molecule has 0 heterocycles. The van der Waals surface area contributed by atoms with E-state index in [0.717, 1.165) is 17.8 Å². The highest BCUT2D eigenvalue weighted by Gasteiger charge is 2.56. The highest BCUT2D eigenvalue weighted by Crippen LogP contribution is 2.64. The van der Waals surface area contributed by atoms with E-state index in [1.165, 1.54) is 31.3 Å². The molecule has 3 aliphatic carbocycles. The van der Waals surface area contributed by atoms with Crippen LogP contribution in [0.15, 0.2) is 34.9 Å². The van der Waals surface area contributed by atoms with E-state index in [1.807, 2.05) is 0 Å². The maximum Gasteiger partial charge on any atom is 0.00203 e. The smallest absolute Gasteiger partial charge is 0.00203 e. The van der Waals surface area contributed by atoms with Gasteiger partial charge in [0.2, 0.25) is 0 Å². The van der Waals surface area contributed by atoms with Crippen LogP contribution in [-0.2, 0) is 0 Å². The molecule has 20 heavy (non-hydrogen) atoms. The molecule has 0 unspecified atom stereocenters. The Labute approximate surface area is 125 Å². The van der Waals surface area contributed by atoms with Crippen molar-refractivity contribution in [1.82, 2.24) is 0 Å². The Morgan fingerprint density at radius 2 is 1.95 bits per heavy atom. The lowest BCUT2D eigenvalue weighted by atomic mass is 9.51. The van der Waals surface area contributed by atoms with Crippen molar-refractivity contribution in [3.05, 3.63) is 34.9 Å². The molecule has 0 aromatic carbocycles. The predicted octanol–water partition coefficient (Wildman–Crippen LogP) is 5.92. The average Bonchev–Trinajstić information content (AvgIpc) is 2.69. The van der Waals surface area contributed by atoms with Crippen LogP contribution in [0.3, 0.4) is 0 Å². The minimum absolute atomic E-state index is 0.564. The van der Waals surface area contributed by atoms with Gasteiger partial charge < -0.3 is 0 Å². The van der Waals surface area contributed by atoms with Crippen LogP contribution in [0, 0.1) is 29.1 Å². The minimum Gasteiger partial charge on any atom is -0.0810 e. The van der Waals surface area contributed by atoms with Gasteiger partial charge in [0.15, 0.2) is 0 Å². The fraction of sp³-hybridized carbons (Fsp3) is 0.700. The molecule has 0 radical (unpaired) electrons. The van der Waals surface area contributed by atoms with Gasteiger partial charge in [0, 0.05) is 5.92 Å². The Bertz CT molecular complexity index is 486. The van der Waals surface area contributed by atoms with Gasteiger partial charge in [-0.2, -0.15) is 0 Å². The van der Waals surface area contributed by atoms with E-state index in [2.05, 4.69) is 52.8 Å². The zero-order valence-corrected chi connectivity index (χ0v) is 13.9. The zero-order chi connectivity index (χ0) is 14.5. The molecule has 0 amide bonds. The first-order chi connectivity index (χ1) is 9.45. The van der Waals surface area contributed by atoms with Crippen molar-refractivity contribution in [2.45, 2.75) is 60.3 Å². The summed E-state index contributed by atoms with van der Waals surface area (Å²) in [6.45, 7) is 11.8. The summed E-state index contributed by atoms with van der Waals surface area (Å²) in [6.07, 6.45) is 13.4. The number of allylic oxidation sites excluding steroid dienone is 6. The second kappa shape index (κ2) is 4.90. The third-order valence-corrected chi connectivity index (χ3v) is 6.44. The van der Waals surface area contributed by atoms with Crippen molar-refractivity contribution in [2.24, 2.45) is 29.1 Å². The van der Waals surface area contributed by atoms with Gasteiger partial charge in [-0.3, -0.25) is 0 Å². The van der Waals surface area contributed by atoms with Crippen LogP contribution in [0.1, 0.15) is 60.3 Å². The van der Waals surface area contributed by atoms with Crippen LogP contribution in [0.2, 0.25) is 0 Å². The molecular weight excluding hydrogens is 240 g/mol. The quantitative estimate of drug-likeness (QED) is 0.519. The molecule has 3 aliphatic rings. The van der Waals surface area contributed by atoms with E-state index in [1.54, 1.807) is 11.1 Å². The molecule has 0 aliphatic heterocycles. The maximum atomic E-state index is 2.64. The fourth-order valence-electron chi connectivity index (χ4n) is 5.59. The first-order valence-electron chi connectivity index (χ1n) is 8.46. The largest absolute Gasteiger partial charge is 0.0810 e. The molecule has 0 nitrogen and oxygen atoms in total. The Balaban J connectivity index is 2.13. The minimum atomic E-state index is 0.564. The van der Waals surface area contributed by atoms with Gasteiger partial charge >= 0.3 is 0 Å². The van der Waals surface area contributed by atoms with Crippen LogP contribution in [-0.4, -0.2) is 0 Å². The van der Waals surface area contributed by atoms with E-state index < -0.39 is 0 Å². The van der Waals surface area contributed by atoms with Gasteiger partial charge in [-0.25, -0.2) is 0 Å². The molecule has 0 bridgehead atoms. The molecule has 5 atom stereocenters. The highest BCUT2D eigenvalue weighted by atomic mass is 14.6. The molecule has 110 valence electrons. The fourth-order valence-corrected chi connectivity index (χ4v) is 5.59. The third kappa shape index (κ3) is 1.95. The van der Waals surface area contributed by atoms with E-state index in [0.29, 0.717) is 11.3 Å². The number of rotatable bonds is 1. The molecular formula is C20H30. The molecule has 1 saturated carbocycles. The standard InChI is InChI=1S/C20H30/c1-13(2)10-17-12-15(4)18-7-6-16(5)20(18)9-8-14(3)11-19(17)20/h10-12,16-19H,6-9H2,1-5H3/t16-,17-,18-,19-,20+/m0/s1. The number of hydrogen-bond acceptors (Lipinski definition) is 0. The monoisotopic (exact) mass is 270 g/mol. The molecule has 3 rings (SSSR count). The lowest BCUT2D eigenvalue weighted by molar-refractivity contribution is 0.0507. The van der Waals surface area contributed by atoms with E-state index in [-0.39, 0.29) is 0 Å². The molecule has 1 fully saturated rings. The van der Waals surface area contributed by atoms with Crippen LogP contribution in [0.5, 0.6) is 0 Å². The molecule has 0 heteroatoms. The maximum absolute atomic E-state index is 2.64. The topological polar surface area (TPSA) is 0 Å². The summed E-state index contributed by atoms with van der Waals surface area (Å²) in [7, 11) is 0. The summed E-state index contributed by atoms with van der Waals surface area (Å²) >= 11 is 0. The molecule has 0 aromatic rings. The van der Waals surface area contributed by atoms with Crippen molar-refractivity contribution in [2.75, 3.05) is 0 Å². The Kier molecular flexibility index (Phi) is 3.47. The van der Waals surface area contributed by atoms with Crippen molar-refractivity contribution in [3.63, 3.8) is 0 Å². The van der Waals surface area contributed by atoms with E-state index in [9.17, 15) is 0 Å². The van der Waals surface area contributed by atoms with Crippen LogP contribution < -0.4 is 0 Å². The summed E-state index contributed by atoms with van der Waals surface area (Å²) in [6, 6.07) is 0. The Hall–Kier alpha value is -0.780. The lowest BCUT2D eigenvalue weighted by Crippen LogP contribution is -2.45. The summed E-state index contributed by atoms with van der Waals surface area (Å²) < 4.78 is 0. The summed E-state index contributed by atoms with van der Waals surface area (Å²) in [4.78, 5) is 0. The lowest BCUT2D eigenvalue weighted by Gasteiger charge is -2.53. The molecule has 0 aromatic heterocycles. The highest BCUT2D eigenvalue weighted by molar-refractivity contribution is 5.31. The molecule has 1 spiro atoms. The van der Waals surface area contributed by atoms with Gasteiger partial charge in [0.05, 0.1) is 0 Å². The third-order valence-electron chi connectivity index (χ3n) is 6.44. The van der Waals surface area contributed by atoms with Crippen molar-refractivity contribution in [3.8, 4) is 0 Å². The summed E-state index contributed by atoms with van der Waals surface area (Å²) in [5.74, 6) is 3.12. The van der Waals surface area contributed by atoms with E-state index in [4.69, 9.17) is 0 Å². The molecule has 0 saturated heterocycles. The van der Waals surface area contributed by atoms with E-state index >= 15 is 0 Å². The van der Waals surface area contributed by atoms with Gasteiger partial charge in [-0.15, -0.1) is 0 Å². The second-order valence-corrected chi connectivity index (χ2v) is 7.91. The van der Waals surface area contributed by atoms with Crippen LogP contribution >= 0.6 is 0 Å². The number of hydrogen-bond donors (Lipinski definition) is 0. The van der Waals surface area contributed by atoms with Crippen LogP contribution in [0.25, 0.3) is 0 Å². The first-order valence-corrected chi connectivity index (χ1v) is 8.46. The van der Waals surface area contributed by atoms with Gasteiger partial charge in [0.1, 0.15) is 0 Å². The van der Waals surface area contributed by atoms with Crippen molar-refractivity contribution >= 4 is 0 Å². The van der Waals surface area contributed by atoms with Gasteiger partial charge in [0.25, 0.3) is 0 Å². The van der Waals surface area contributed by atoms with Gasteiger partial charge in [-0.05, 0) is 76.5 Å². The predicted molar refractivity (Wildman–Crippen MR) is 87.5 cm³/mol. The van der Waals surface area contributed by atoms with Crippen molar-refractivity contribution < 1.29 is 0 Å². The summed E-state index contributed by atoms with van der Waals surface area (Å²) in [5, 5.41) is 0. The first kappa shape index (κ1) is 14.2. The van der Waals surface area contributed by atoms with Crippen LogP contribution in [0.4, 0.5) is 0 Å². The Morgan fingerprint density at radius 1 is 1.20 bits per heavy atom. The van der Waals surface area contributed by atoms with Gasteiger partial charge in [-0.1, -0.05) is 41.9 Å². The SMILES string of the molecule is CC(C)=C[C@H]1C=C(C)[C@@H]2CC[C@H](C)[C@]23CCC(C)=C[C@@H]13. The van der Waals surface area contributed by atoms with Crippen molar-refractivity contribution in [1.29, 1.82) is 0 Å². The molecule has 0 N–H and O–H groups in total. The normalized spacial score (nSPS) is 43.2.